The maximum atomic E-state index is 13.5. The van der Waals surface area contributed by atoms with Crippen LogP contribution in [0.5, 0.6) is 17.2 Å². The van der Waals surface area contributed by atoms with Crippen molar-refractivity contribution in [1.82, 2.24) is 20.3 Å². The minimum Gasteiger partial charge on any atom is -0.492 e. The molecule has 220 valence electrons. The largest absolute Gasteiger partial charge is 0.492 e. The summed E-state index contributed by atoms with van der Waals surface area (Å²) < 4.78 is 44.4. The molecule has 0 fully saturated rings. The van der Waals surface area contributed by atoms with E-state index in [1.54, 1.807) is 24.3 Å². The second kappa shape index (κ2) is 14.1. The fourth-order valence-corrected chi connectivity index (χ4v) is 5.68. The number of urea groups is 1. The van der Waals surface area contributed by atoms with E-state index in [1.807, 2.05) is 13.8 Å². The highest BCUT2D eigenvalue weighted by Gasteiger charge is 2.32. The molecule has 3 amide bonds. The molecule has 1 aliphatic rings. The smallest absolute Gasteiger partial charge is 0.404 e. The zero-order valence-corrected chi connectivity index (χ0v) is 23.4. The average Bonchev–Trinajstić information content (AvgIpc) is 3.38. The van der Waals surface area contributed by atoms with Crippen LogP contribution in [0.1, 0.15) is 19.4 Å². The first kappa shape index (κ1) is 30.8. The minimum atomic E-state index is -4.06. The van der Waals surface area contributed by atoms with Gasteiger partial charge in [-0.1, -0.05) is 26.0 Å². The van der Waals surface area contributed by atoms with Crippen LogP contribution in [-0.4, -0.2) is 87.3 Å². The predicted molar refractivity (Wildman–Crippen MR) is 145 cm³/mol. The van der Waals surface area contributed by atoms with Gasteiger partial charge < -0.3 is 40.4 Å². The fraction of sp³-hybridized carbons (Fsp3) is 0.462. The van der Waals surface area contributed by atoms with Crippen molar-refractivity contribution in [3.8, 4) is 17.2 Å². The molecule has 0 aliphatic carbocycles. The van der Waals surface area contributed by atoms with Gasteiger partial charge in [-0.3, -0.25) is 0 Å². The lowest BCUT2D eigenvalue weighted by Gasteiger charge is -2.30. The van der Waals surface area contributed by atoms with Crippen molar-refractivity contribution >= 4 is 22.1 Å². The maximum absolute atomic E-state index is 13.5. The molecule has 0 saturated carbocycles. The Labute approximate surface area is 233 Å². The lowest BCUT2D eigenvalue weighted by Crippen LogP contribution is -2.50. The Morgan fingerprint density at radius 1 is 1.07 bits per heavy atom. The summed E-state index contributed by atoms with van der Waals surface area (Å²) >= 11 is 0. The van der Waals surface area contributed by atoms with Crippen LogP contribution in [0, 0.1) is 5.92 Å². The molecule has 5 N–H and O–H groups in total. The number of sulfonamides is 1. The van der Waals surface area contributed by atoms with E-state index in [1.165, 1.54) is 25.2 Å². The summed E-state index contributed by atoms with van der Waals surface area (Å²) in [4.78, 5) is 22.7. The van der Waals surface area contributed by atoms with Crippen molar-refractivity contribution in [1.29, 1.82) is 0 Å². The van der Waals surface area contributed by atoms with Crippen LogP contribution in [0.4, 0.5) is 9.59 Å². The first-order chi connectivity index (χ1) is 19.0. The number of aliphatic hydroxyl groups is 1. The Morgan fingerprint density at radius 3 is 2.42 bits per heavy atom. The Balaban J connectivity index is 1.70. The third-order valence-corrected chi connectivity index (χ3v) is 7.80. The Hall–Kier alpha value is -3.75. The number of hydrogen-bond donors (Lipinski definition) is 5. The van der Waals surface area contributed by atoms with E-state index in [-0.39, 0.29) is 49.8 Å². The summed E-state index contributed by atoms with van der Waals surface area (Å²) in [5, 5.41) is 27.9. The second-order valence-corrected chi connectivity index (χ2v) is 11.5. The van der Waals surface area contributed by atoms with Gasteiger partial charge in [0.2, 0.25) is 16.8 Å². The Bertz CT molecular complexity index is 1260. The molecule has 0 saturated heterocycles. The summed E-state index contributed by atoms with van der Waals surface area (Å²) in [6.07, 6.45) is -2.60. The highest BCUT2D eigenvalue weighted by molar-refractivity contribution is 7.89. The molecular weight excluding hydrogens is 544 g/mol. The summed E-state index contributed by atoms with van der Waals surface area (Å²) in [6.45, 7) is 4.02. The van der Waals surface area contributed by atoms with Crippen LogP contribution >= 0.6 is 0 Å². The molecule has 0 spiro atoms. The number of rotatable bonds is 14. The van der Waals surface area contributed by atoms with E-state index >= 15 is 0 Å². The number of carbonyl (C=O) groups excluding carboxylic acids is 1. The van der Waals surface area contributed by atoms with Gasteiger partial charge >= 0.3 is 12.1 Å². The lowest BCUT2D eigenvalue weighted by atomic mass is 10.0. The van der Waals surface area contributed by atoms with Gasteiger partial charge in [0, 0.05) is 26.2 Å². The predicted octanol–water partition coefficient (Wildman–Crippen LogP) is 1.61. The van der Waals surface area contributed by atoms with Gasteiger partial charge in [-0.05, 0) is 42.2 Å². The number of fused-ring (bicyclic) bond motifs is 1. The Morgan fingerprint density at radius 2 is 1.77 bits per heavy atom. The molecule has 3 rings (SSSR count). The molecule has 14 heteroatoms. The number of benzene rings is 2. The normalized spacial score (nSPS) is 14.1. The first-order valence-corrected chi connectivity index (χ1v) is 14.2. The molecule has 2 atom stereocenters. The molecule has 13 nitrogen and oxygen atoms in total. The molecule has 2 aromatic rings. The third kappa shape index (κ3) is 8.63. The number of carboxylic acid groups (broad SMARTS) is 1. The Kier molecular flexibility index (Phi) is 10.8. The SMILES string of the molecule is CNC(=O)NCCOc1ccc(C[C@H](NC(=O)O)[C@@H](O)CN(CC(C)C)S(=O)(=O)c2ccc3c(c2)OCO3)cc1. The van der Waals surface area contributed by atoms with E-state index in [0.29, 0.717) is 29.4 Å². The quantitative estimate of drug-likeness (QED) is 0.208. The summed E-state index contributed by atoms with van der Waals surface area (Å²) in [5.41, 5.74) is 0.697. The molecule has 0 radical (unpaired) electrons. The van der Waals surface area contributed by atoms with Crippen LogP contribution in [0.25, 0.3) is 0 Å². The van der Waals surface area contributed by atoms with Crippen LogP contribution < -0.4 is 30.2 Å². The lowest BCUT2D eigenvalue weighted by molar-refractivity contribution is 0.0980. The first-order valence-electron chi connectivity index (χ1n) is 12.7. The standard InChI is InChI=1S/C26H36N4O9S/c1-17(2)14-30(40(35,36)20-8-9-23-24(13-20)39-16-38-23)15-22(31)21(29-26(33)34)12-18-4-6-19(7-5-18)37-11-10-28-25(32)27-3/h4-9,13,17,21-22,29,31H,10-12,14-16H2,1-3H3,(H,33,34)(H2,27,28,32)/t21-,22-/m0/s1. The number of ether oxygens (including phenoxy) is 3. The monoisotopic (exact) mass is 580 g/mol. The minimum absolute atomic E-state index is 0.00219. The maximum Gasteiger partial charge on any atom is 0.404 e. The van der Waals surface area contributed by atoms with E-state index in [9.17, 15) is 28.2 Å². The van der Waals surface area contributed by atoms with Gasteiger partial charge in [-0.15, -0.1) is 0 Å². The summed E-state index contributed by atoms with van der Waals surface area (Å²) in [7, 11) is -2.54. The van der Waals surface area contributed by atoms with E-state index in [2.05, 4.69) is 16.0 Å². The van der Waals surface area contributed by atoms with Crippen LogP contribution in [0.2, 0.25) is 0 Å². The number of amides is 3. The van der Waals surface area contributed by atoms with Crippen molar-refractivity contribution in [2.75, 3.05) is 40.1 Å². The molecule has 0 unspecified atom stereocenters. The van der Waals surface area contributed by atoms with Crippen LogP contribution in [-0.2, 0) is 16.4 Å². The molecule has 2 aromatic carbocycles. The molecular formula is C26H36N4O9S. The van der Waals surface area contributed by atoms with Gasteiger partial charge in [0.25, 0.3) is 0 Å². The van der Waals surface area contributed by atoms with Crippen molar-refractivity contribution in [2.24, 2.45) is 5.92 Å². The number of nitrogens with one attached hydrogen (secondary N) is 3. The zero-order chi connectivity index (χ0) is 29.3. The van der Waals surface area contributed by atoms with Crippen LogP contribution in [0.15, 0.2) is 47.4 Å². The van der Waals surface area contributed by atoms with Crippen molar-refractivity contribution in [3.63, 3.8) is 0 Å². The van der Waals surface area contributed by atoms with Crippen LogP contribution in [0.3, 0.4) is 0 Å². The molecule has 40 heavy (non-hydrogen) atoms. The van der Waals surface area contributed by atoms with Gasteiger partial charge in [-0.2, -0.15) is 4.31 Å². The van der Waals surface area contributed by atoms with Gasteiger partial charge in [-0.25, -0.2) is 18.0 Å². The summed E-state index contributed by atoms with van der Waals surface area (Å²) in [6, 6.07) is 9.81. The number of carbonyl (C=O) groups is 2. The van der Waals surface area contributed by atoms with Gasteiger partial charge in [0.05, 0.1) is 23.6 Å². The third-order valence-electron chi connectivity index (χ3n) is 5.98. The highest BCUT2D eigenvalue weighted by Crippen LogP contribution is 2.35. The van der Waals surface area contributed by atoms with Crippen molar-refractivity contribution < 1.29 is 42.4 Å². The van der Waals surface area contributed by atoms with Crippen molar-refractivity contribution in [2.45, 2.75) is 37.3 Å². The number of hydrogen-bond acceptors (Lipinski definition) is 8. The van der Waals surface area contributed by atoms with E-state index in [4.69, 9.17) is 14.2 Å². The van der Waals surface area contributed by atoms with E-state index < -0.39 is 28.3 Å². The van der Waals surface area contributed by atoms with Gasteiger partial charge in [0.15, 0.2) is 11.5 Å². The second-order valence-electron chi connectivity index (χ2n) is 9.56. The molecule has 1 aliphatic heterocycles. The van der Waals surface area contributed by atoms with Gasteiger partial charge in [0.1, 0.15) is 12.4 Å². The van der Waals surface area contributed by atoms with E-state index in [0.717, 1.165) is 4.31 Å². The highest BCUT2D eigenvalue weighted by atomic mass is 32.2. The zero-order valence-electron chi connectivity index (χ0n) is 22.6. The molecule has 0 aromatic heterocycles. The number of nitrogens with zero attached hydrogens (tertiary/aromatic N) is 1. The fourth-order valence-electron chi connectivity index (χ4n) is 4.04. The molecule has 1 heterocycles. The molecule has 0 bridgehead atoms. The number of aliphatic hydroxyl groups excluding tert-OH is 1. The topological polar surface area (TPSA) is 176 Å². The van der Waals surface area contributed by atoms with Crippen molar-refractivity contribution in [3.05, 3.63) is 48.0 Å². The average molecular weight is 581 g/mol. The summed E-state index contributed by atoms with van der Waals surface area (Å²) in [5.74, 6) is 1.23.